The Balaban J connectivity index is 2.01. The zero-order chi connectivity index (χ0) is 24.0. The Morgan fingerprint density at radius 1 is 0.879 bits per heavy atom. The van der Waals surface area contributed by atoms with Crippen molar-refractivity contribution in [2.75, 3.05) is 6.26 Å². The summed E-state index contributed by atoms with van der Waals surface area (Å²) in [6.45, 7) is 0. The Morgan fingerprint density at radius 2 is 1.48 bits per heavy atom. The number of rotatable bonds is 5. The molecule has 170 valence electrons. The van der Waals surface area contributed by atoms with Crippen molar-refractivity contribution in [1.82, 2.24) is 4.98 Å². The minimum Gasteiger partial charge on any atom is -0.224 e. The highest BCUT2D eigenvalue weighted by Gasteiger charge is 2.28. The molecule has 0 saturated carbocycles. The monoisotopic (exact) mass is 541 g/mol. The SMILES string of the molecule is CS(=O)(=O)c1ccccc1-c1sc(S(=O)(=O)c2cc(Cl)cc(Cl)c2)nc1-c1ccc(F)cc1. The summed E-state index contributed by atoms with van der Waals surface area (Å²) in [6, 6.07) is 15.5. The zero-order valence-electron chi connectivity index (χ0n) is 16.8. The van der Waals surface area contributed by atoms with Crippen molar-refractivity contribution in [1.29, 1.82) is 0 Å². The average Bonchev–Trinajstić information content (AvgIpc) is 3.19. The van der Waals surface area contributed by atoms with Gasteiger partial charge in [0.1, 0.15) is 5.82 Å². The maximum Gasteiger partial charge on any atom is 0.233 e. The standard InChI is InChI=1S/C22H14Cl2FNO4S3/c1-32(27,28)19-5-3-2-4-18(19)21-20(13-6-8-16(25)9-7-13)26-22(31-21)33(29,30)17-11-14(23)10-15(24)12-17/h2-12H,1H3. The summed E-state index contributed by atoms with van der Waals surface area (Å²) in [5.74, 6) is -0.478. The molecule has 3 aromatic carbocycles. The predicted octanol–water partition coefficient (Wildman–Crippen LogP) is 6.16. The molecule has 33 heavy (non-hydrogen) atoms. The van der Waals surface area contributed by atoms with Crippen molar-refractivity contribution >= 4 is 54.2 Å². The maximum atomic E-state index is 13.5. The van der Waals surface area contributed by atoms with Gasteiger partial charge in [0, 0.05) is 27.4 Å². The smallest absolute Gasteiger partial charge is 0.224 e. The Kier molecular flexibility index (Phi) is 6.36. The second-order valence-electron chi connectivity index (χ2n) is 7.04. The summed E-state index contributed by atoms with van der Waals surface area (Å²) in [7, 11) is -7.79. The third kappa shape index (κ3) is 4.83. The Bertz CT molecular complexity index is 1560. The van der Waals surface area contributed by atoms with Gasteiger partial charge in [-0.05, 0) is 48.5 Å². The van der Waals surface area contributed by atoms with Gasteiger partial charge in [-0.2, -0.15) is 0 Å². The van der Waals surface area contributed by atoms with Crippen molar-refractivity contribution in [2.45, 2.75) is 14.1 Å². The molecule has 0 radical (unpaired) electrons. The maximum absolute atomic E-state index is 13.5. The molecule has 4 rings (SSSR count). The zero-order valence-corrected chi connectivity index (χ0v) is 20.8. The lowest BCUT2D eigenvalue weighted by Gasteiger charge is -2.08. The number of nitrogens with zero attached hydrogens (tertiary/aromatic N) is 1. The first-order valence-electron chi connectivity index (χ1n) is 9.24. The summed E-state index contributed by atoms with van der Waals surface area (Å²) in [4.78, 5) is 4.53. The van der Waals surface area contributed by atoms with Gasteiger partial charge in [0.15, 0.2) is 9.84 Å². The molecule has 0 unspecified atom stereocenters. The van der Waals surface area contributed by atoms with E-state index in [-0.39, 0.29) is 29.9 Å². The molecule has 0 saturated heterocycles. The highest BCUT2D eigenvalue weighted by molar-refractivity contribution is 7.93. The van der Waals surface area contributed by atoms with Crippen LogP contribution in [0.1, 0.15) is 0 Å². The molecule has 0 aliphatic rings. The van der Waals surface area contributed by atoms with Gasteiger partial charge in [0.2, 0.25) is 14.2 Å². The van der Waals surface area contributed by atoms with E-state index < -0.39 is 25.5 Å². The van der Waals surface area contributed by atoms with Crippen LogP contribution in [0.3, 0.4) is 0 Å². The van der Waals surface area contributed by atoms with Crippen LogP contribution in [0.25, 0.3) is 21.7 Å². The molecule has 0 atom stereocenters. The van der Waals surface area contributed by atoms with E-state index in [0.717, 1.165) is 17.6 Å². The predicted molar refractivity (Wildman–Crippen MR) is 128 cm³/mol. The van der Waals surface area contributed by atoms with Gasteiger partial charge in [-0.25, -0.2) is 26.2 Å². The van der Waals surface area contributed by atoms with Crippen molar-refractivity contribution in [3.8, 4) is 21.7 Å². The summed E-state index contributed by atoms with van der Waals surface area (Å²) in [6.07, 6.45) is 1.07. The first-order chi connectivity index (χ1) is 15.5. The molecule has 4 aromatic rings. The van der Waals surface area contributed by atoms with E-state index in [2.05, 4.69) is 4.98 Å². The van der Waals surface area contributed by atoms with E-state index in [1.165, 1.54) is 48.5 Å². The van der Waals surface area contributed by atoms with Crippen LogP contribution in [0, 0.1) is 5.82 Å². The van der Waals surface area contributed by atoms with Crippen LogP contribution in [0.2, 0.25) is 10.0 Å². The lowest BCUT2D eigenvalue weighted by atomic mass is 10.1. The summed E-state index contributed by atoms with van der Waals surface area (Å²) in [5, 5.41) is 0.276. The van der Waals surface area contributed by atoms with Crippen LogP contribution in [0.5, 0.6) is 0 Å². The molecule has 11 heteroatoms. The largest absolute Gasteiger partial charge is 0.233 e. The Labute approximate surface area is 204 Å². The summed E-state index contributed by atoms with van der Waals surface area (Å²) >= 11 is 12.8. The molecule has 0 N–H and O–H groups in total. The normalized spacial score (nSPS) is 12.1. The number of thiazole rings is 1. The fraction of sp³-hybridized carbons (Fsp3) is 0.0455. The van der Waals surface area contributed by atoms with Gasteiger partial charge in [0.05, 0.1) is 20.4 Å². The average molecular weight is 542 g/mol. The van der Waals surface area contributed by atoms with Crippen LogP contribution in [-0.4, -0.2) is 28.1 Å². The van der Waals surface area contributed by atoms with Crippen molar-refractivity contribution in [3.63, 3.8) is 0 Å². The van der Waals surface area contributed by atoms with Crippen LogP contribution >= 0.6 is 34.5 Å². The Morgan fingerprint density at radius 3 is 2.09 bits per heavy atom. The molecule has 0 fully saturated rings. The van der Waals surface area contributed by atoms with Gasteiger partial charge < -0.3 is 0 Å². The molecule has 0 aliphatic carbocycles. The van der Waals surface area contributed by atoms with E-state index in [4.69, 9.17) is 23.2 Å². The first kappa shape index (κ1) is 23.8. The van der Waals surface area contributed by atoms with Gasteiger partial charge in [-0.1, -0.05) is 41.4 Å². The summed E-state index contributed by atoms with van der Waals surface area (Å²) < 4.78 is 64.8. The minimum atomic E-state index is -4.14. The van der Waals surface area contributed by atoms with Gasteiger partial charge in [0.25, 0.3) is 0 Å². The quantitative estimate of drug-likeness (QED) is 0.302. The third-order valence-corrected chi connectivity index (χ3v) is 9.42. The molecule has 1 aromatic heterocycles. The molecule has 1 heterocycles. The van der Waals surface area contributed by atoms with Crippen LogP contribution in [0.15, 0.2) is 80.9 Å². The number of halogens is 3. The lowest BCUT2D eigenvalue weighted by Crippen LogP contribution is -2.01. The summed E-state index contributed by atoms with van der Waals surface area (Å²) in [5.41, 5.74) is 0.932. The van der Waals surface area contributed by atoms with E-state index in [1.54, 1.807) is 18.2 Å². The van der Waals surface area contributed by atoms with Crippen LogP contribution in [0.4, 0.5) is 4.39 Å². The topological polar surface area (TPSA) is 81.2 Å². The van der Waals surface area contributed by atoms with E-state index in [0.29, 0.717) is 16.0 Å². The van der Waals surface area contributed by atoms with Crippen LogP contribution in [-0.2, 0) is 19.7 Å². The minimum absolute atomic E-state index is 0.0201. The number of hydrogen-bond acceptors (Lipinski definition) is 6. The molecule has 0 amide bonds. The number of hydrogen-bond donors (Lipinski definition) is 0. The molecule has 0 bridgehead atoms. The van der Waals surface area contributed by atoms with Gasteiger partial charge in [-0.3, -0.25) is 0 Å². The molecular formula is C22H14Cl2FNO4S3. The fourth-order valence-corrected chi connectivity index (χ4v) is 7.59. The molecule has 0 aliphatic heterocycles. The van der Waals surface area contributed by atoms with Crippen LogP contribution < -0.4 is 0 Å². The van der Waals surface area contributed by atoms with E-state index >= 15 is 0 Å². The van der Waals surface area contributed by atoms with E-state index in [9.17, 15) is 21.2 Å². The highest BCUT2D eigenvalue weighted by atomic mass is 35.5. The second-order valence-corrected chi connectivity index (χ2v) is 13.0. The number of aromatic nitrogens is 1. The van der Waals surface area contributed by atoms with Gasteiger partial charge >= 0.3 is 0 Å². The van der Waals surface area contributed by atoms with E-state index in [1.807, 2.05) is 0 Å². The second kappa shape index (κ2) is 8.81. The molecule has 5 nitrogen and oxygen atoms in total. The molecular weight excluding hydrogens is 528 g/mol. The number of benzene rings is 3. The Hall–Kier alpha value is -2.30. The number of sulfone groups is 2. The molecule has 0 spiro atoms. The van der Waals surface area contributed by atoms with Crippen molar-refractivity contribution in [3.05, 3.63) is 82.6 Å². The van der Waals surface area contributed by atoms with Crippen molar-refractivity contribution in [2.24, 2.45) is 0 Å². The van der Waals surface area contributed by atoms with Crippen molar-refractivity contribution < 1.29 is 21.2 Å². The third-order valence-electron chi connectivity index (χ3n) is 4.63. The fourth-order valence-electron chi connectivity index (χ4n) is 3.16. The first-order valence-corrected chi connectivity index (χ1v) is 14.2. The van der Waals surface area contributed by atoms with Gasteiger partial charge in [-0.15, -0.1) is 11.3 Å². The highest BCUT2D eigenvalue weighted by Crippen LogP contribution is 2.42. The lowest BCUT2D eigenvalue weighted by molar-refractivity contribution is 0.595.